The molecule has 0 N–H and O–H groups in total. The molecule has 156 valence electrons. The van der Waals surface area contributed by atoms with Crippen LogP contribution in [0.1, 0.15) is 29.3 Å². The first-order valence-electron chi connectivity index (χ1n) is 9.54. The number of hydrogen-bond acceptors (Lipinski definition) is 5. The van der Waals surface area contributed by atoms with Crippen molar-refractivity contribution in [2.45, 2.75) is 25.2 Å². The number of anilines is 1. The fourth-order valence-electron chi connectivity index (χ4n) is 2.98. The number of thiazole rings is 1. The molecule has 0 radical (unpaired) electrons. The second-order valence-electron chi connectivity index (χ2n) is 7.04. The van der Waals surface area contributed by atoms with Gasteiger partial charge in [0.05, 0.1) is 10.2 Å². The van der Waals surface area contributed by atoms with E-state index in [1.807, 2.05) is 35.2 Å². The first-order valence-corrected chi connectivity index (χ1v) is 11.3. The number of carbonyl (C=O) groups is 1. The van der Waals surface area contributed by atoms with Crippen LogP contribution in [0.5, 0.6) is 0 Å². The molecule has 0 spiro atoms. The normalized spacial score (nSPS) is 10.9. The zero-order valence-corrected chi connectivity index (χ0v) is 19.8. The van der Waals surface area contributed by atoms with Gasteiger partial charge >= 0.3 is 0 Å². The maximum Gasteiger partial charge on any atom is 0.260 e. The summed E-state index contributed by atoms with van der Waals surface area (Å²) in [5.74, 6) is 1.04. The molecule has 0 aliphatic rings. The van der Waals surface area contributed by atoms with E-state index in [0.29, 0.717) is 12.1 Å². The molecule has 0 saturated heterocycles. The van der Waals surface area contributed by atoms with Gasteiger partial charge in [-0.1, -0.05) is 24.3 Å². The quantitative estimate of drug-likeness (QED) is 0.411. The minimum atomic E-state index is 0. The van der Waals surface area contributed by atoms with Gasteiger partial charge in [0.25, 0.3) is 5.91 Å². The molecule has 0 aliphatic heterocycles. The Balaban J connectivity index is 0.00000300. The van der Waals surface area contributed by atoms with Crippen molar-refractivity contribution < 1.29 is 4.79 Å². The number of benzene rings is 2. The monoisotopic (exact) mass is 449 g/mol. The highest BCUT2D eigenvalue weighted by Gasteiger charge is 2.21. The van der Waals surface area contributed by atoms with Crippen molar-refractivity contribution in [3.05, 3.63) is 53.6 Å². The van der Waals surface area contributed by atoms with Crippen molar-refractivity contribution in [1.82, 2.24) is 9.88 Å². The minimum Gasteiger partial charge on any atom is -0.309 e. The van der Waals surface area contributed by atoms with E-state index in [4.69, 9.17) is 4.98 Å². The summed E-state index contributed by atoms with van der Waals surface area (Å²) in [5, 5.41) is 0.774. The Morgan fingerprint density at radius 2 is 1.83 bits per heavy atom. The molecule has 1 aromatic heterocycles. The van der Waals surface area contributed by atoms with Crippen LogP contribution >= 0.6 is 35.5 Å². The van der Waals surface area contributed by atoms with E-state index in [1.165, 1.54) is 10.5 Å². The molecule has 1 heterocycles. The van der Waals surface area contributed by atoms with Gasteiger partial charge in [0.1, 0.15) is 0 Å². The van der Waals surface area contributed by atoms with Crippen LogP contribution in [-0.2, 0) is 0 Å². The number of amides is 1. The topological polar surface area (TPSA) is 36.4 Å². The Morgan fingerprint density at radius 3 is 2.48 bits per heavy atom. The molecule has 3 rings (SSSR count). The van der Waals surface area contributed by atoms with Crippen LogP contribution in [0.15, 0.2) is 47.4 Å². The Labute approximate surface area is 187 Å². The summed E-state index contributed by atoms with van der Waals surface area (Å²) < 4.78 is 1.12. The number of nitrogens with zero attached hydrogens (tertiary/aromatic N) is 3. The molecule has 0 atom stereocenters. The summed E-state index contributed by atoms with van der Waals surface area (Å²) in [4.78, 5) is 23.2. The third kappa shape index (κ3) is 6.19. The zero-order valence-electron chi connectivity index (χ0n) is 17.3. The SMILES string of the molecule is CCSc1ccc(C(=O)N(CCCN(C)C)c2nc3ccc(C)cc3s2)cc1.Cl. The van der Waals surface area contributed by atoms with Crippen LogP contribution in [0.25, 0.3) is 10.2 Å². The van der Waals surface area contributed by atoms with Gasteiger partial charge in [0.2, 0.25) is 0 Å². The van der Waals surface area contributed by atoms with Crippen molar-refractivity contribution in [3.63, 3.8) is 0 Å². The standard InChI is InChI=1S/C22H27N3OS2.ClH/c1-5-27-18-10-8-17(9-11-18)21(26)25(14-6-13-24(3)4)22-23-19-12-7-16(2)15-20(19)28-22;/h7-12,15H,5-6,13-14H2,1-4H3;1H. The number of thioether (sulfide) groups is 1. The van der Waals surface area contributed by atoms with E-state index in [-0.39, 0.29) is 18.3 Å². The van der Waals surface area contributed by atoms with Gasteiger partial charge in [0.15, 0.2) is 5.13 Å². The summed E-state index contributed by atoms with van der Waals surface area (Å²) in [6.45, 7) is 5.79. The molecule has 2 aromatic carbocycles. The number of aryl methyl sites for hydroxylation is 1. The molecule has 0 fully saturated rings. The van der Waals surface area contributed by atoms with Crippen molar-refractivity contribution in [3.8, 4) is 0 Å². The fraction of sp³-hybridized carbons (Fsp3) is 0.364. The van der Waals surface area contributed by atoms with Crippen molar-refractivity contribution >= 4 is 56.8 Å². The van der Waals surface area contributed by atoms with Crippen molar-refractivity contribution in [2.24, 2.45) is 0 Å². The molecule has 1 amide bonds. The predicted molar refractivity (Wildman–Crippen MR) is 129 cm³/mol. The highest BCUT2D eigenvalue weighted by Crippen LogP contribution is 2.31. The smallest absolute Gasteiger partial charge is 0.260 e. The first kappa shape index (κ1) is 23.7. The summed E-state index contributed by atoms with van der Waals surface area (Å²) >= 11 is 3.37. The molecular formula is C22H28ClN3OS2. The zero-order chi connectivity index (χ0) is 20.1. The van der Waals surface area contributed by atoms with E-state index in [1.54, 1.807) is 23.1 Å². The molecule has 7 heteroatoms. The number of rotatable bonds is 8. The third-order valence-corrected chi connectivity index (χ3v) is 6.34. The Bertz CT molecular complexity index is 941. The Morgan fingerprint density at radius 1 is 1.10 bits per heavy atom. The molecule has 3 aromatic rings. The van der Waals surface area contributed by atoms with Gasteiger partial charge in [0, 0.05) is 17.0 Å². The summed E-state index contributed by atoms with van der Waals surface area (Å²) in [7, 11) is 4.10. The molecule has 0 saturated carbocycles. The maximum atomic E-state index is 13.3. The Kier molecular flexibility index (Phi) is 8.96. The number of hydrogen-bond donors (Lipinski definition) is 0. The minimum absolute atomic E-state index is 0. The summed E-state index contributed by atoms with van der Waals surface area (Å²) in [5.41, 5.74) is 2.86. The van der Waals surface area contributed by atoms with Crippen LogP contribution in [0.2, 0.25) is 0 Å². The molecule has 29 heavy (non-hydrogen) atoms. The third-order valence-electron chi connectivity index (χ3n) is 4.41. The van der Waals surface area contributed by atoms with E-state index >= 15 is 0 Å². The predicted octanol–water partition coefficient (Wildman–Crippen LogP) is 5.74. The van der Waals surface area contributed by atoms with Gasteiger partial charge in [-0.05, 0) is 81.7 Å². The van der Waals surface area contributed by atoms with Gasteiger partial charge < -0.3 is 4.90 Å². The Hall–Kier alpha value is -1.60. The first-order chi connectivity index (χ1) is 13.5. The van der Waals surface area contributed by atoms with E-state index in [9.17, 15) is 4.79 Å². The lowest BCUT2D eigenvalue weighted by atomic mass is 10.2. The van der Waals surface area contributed by atoms with Crippen LogP contribution in [0.4, 0.5) is 5.13 Å². The fourth-order valence-corrected chi connectivity index (χ4v) is 4.73. The molecule has 0 aliphatic carbocycles. The second kappa shape index (κ2) is 11.0. The van der Waals surface area contributed by atoms with Crippen LogP contribution in [0.3, 0.4) is 0 Å². The summed E-state index contributed by atoms with van der Waals surface area (Å²) in [6.07, 6.45) is 0.900. The van der Waals surface area contributed by atoms with Gasteiger partial charge in [-0.2, -0.15) is 0 Å². The van der Waals surface area contributed by atoms with Crippen LogP contribution in [0, 0.1) is 6.92 Å². The summed E-state index contributed by atoms with van der Waals surface area (Å²) in [6, 6.07) is 14.1. The number of carbonyl (C=O) groups excluding carboxylic acids is 1. The lowest BCUT2D eigenvalue weighted by Crippen LogP contribution is -2.33. The number of aromatic nitrogens is 1. The van der Waals surface area contributed by atoms with Crippen LogP contribution in [-0.4, -0.2) is 48.7 Å². The number of halogens is 1. The maximum absolute atomic E-state index is 13.3. The van der Waals surface area contributed by atoms with E-state index in [0.717, 1.165) is 34.1 Å². The average molecular weight is 450 g/mol. The van der Waals surface area contributed by atoms with Crippen molar-refractivity contribution in [2.75, 3.05) is 37.8 Å². The molecule has 0 unspecified atom stereocenters. The largest absolute Gasteiger partial charge is 0.309 e. The van der Waals surface area contributed by atoms with Gasteiger partial charge in [-0.3, -0.25) is 9.69 Å². The highest BCUT2D eigenvalue weighted by atomic mass is 35.5. The van der Waals surface area contributed by atoms with Gasteiger partial charge in [-0.25, -0.2) is 4.98 Å². The molecule has 0 bridgehead atoms. The lowest BCUT2D eigenvalue weighted by molar-refractivity contribution is 0.0986. The van der Waals surface area contributed by atoms with Gasteiger partial charge in [-0.15, -0.1) is 24.2 Å². The second-order valence-corrected chi connectivity index (χ2v) is 9.39. The molecule has 4 nitrogen and oxygen atoms in total. The van der Waals surface area contributed by atoms with Crippen LogP contribution < -0.4 is 4.90 Å². The highest BCUT2D eigenvalue weighted by molar-refractivity contribution is 7.99. The van der Waals surface area contributed by atoms with E-state index < -0.39 is 0 Å². The number of fused-ring (bicyclic) bond motifs is 1. The lowest BCUT2D eigenvalue weighted by Gasteiger charge is -2.21. The van der Waals surface area contributed by atoms with E-state index in [2.05, 4.69) is 45.0 Å². The van der Waals surface area contributed by atoms with Crippen molar-refractivity contribution in [1.29, 1.82) is 0 Å². The molecular weight excluding hydrogens is 422 g/mol. The average Bonchev–Trinajstić information content (AvgIpc) is 3.08.